The fourth-order valence-electron chi connectivity index (χ4n) is 3.37. The molecule has 26 heavy (non-hydrogen) atoms. The molecule has 0 aliphatic carbocycles. The van der Waals surface area contributed by atoms with Gasteiger partial charge in [-0.2, -0.15) is 5.10 Å². The number of aryl methyl sites for hydroxylation is 1. The largest absolute Gasteiger partial charge is 0.341 e. The Balaban J connectivity index is 1.53. The topological polar surface area (TPSA) is 54.3 Å². The Hall–Kier alpha value is -1.92. The summed E-state index contributed by atoms with van der Waals surface area (Å²) < 4.78 is 1.73. The van der Waals surface area contributed by atoms with E-state index in [4.69, 9.17) is 11.6 Å². The highest BCUT2D eigenvalue weighted by atomic mass is 35.5. The Kier molecular flexibility index (Phi) is 6.27. The molecule has 6 nitrogen and oxygen atoms in total. The van der Waals surface area contributed by atoms with Crippen molar-refractivity contribution in [2.75, 3.05) is 26.2 Å². The zero-order chi connectivity index (χ0) is 18.5. The summed E-state index contributed by atoms with van der Waals surface area (Å²) in [6.45, 7) is 8.79. The number of halogens is 1. The van der Waals surface area contributed by atoms with Crippen molar-refractivity contribution in [1.29, 1.82) is 0 Å². The Morgan fingerprint density at radius 3 is 2.85 bits per heavy atom. The molecule has 1 fully saturated rings. The number of carbonyl (C=O) groups is 1. The van der Waals surface area contributed by atoms with Gasteiger partial charge in [-0.25, -0.2) is 0 Å². The van der Waals surface area contributed by atoms with E-state index >= 15 is 0 Å². The van der Waals surface area contributed by atoms with Gasteiger partial charge in [0.1, 0.15) is 0 Å². The van der Waals surface area contributed by atoms with Crippen LogP contribution < -0.4 is 0 Å². The average molecular weight is 376 g/mol. The van der Waals surface area contributed by atoms with Gasteiger partial charge in [-0.1, -0.05) is 24.6 Å². The molecule has 3 heterocycles. The highest BCUT2D eigenvalue weighted by molar-refractivity contribution is 6.30. The van der Waals surface area contributed by atoms with E-state index in [0.717, 1.165) is 50.5 Å². The Labute approximate surface area is 159 Å². The molecule has 1 unspecified atom stereocenters. The first-order valence-electron chi connectivity index (χ1n) is 9.13. The zero-order valence-electron chi connectivity index (χ0n) is 15.4. The smallest absolute Gasteiger partial charge is 0.227 e. The van der Waals surface area contributed by atoms with Crippen molar-refractivity contribution in [3.8, 4) is 0 Å². The molecule has 0 N–H and O–H groups in total. The van der Waals surface area contributed by atoms with Gasteiger partial charge in [-0.15, -0.1) is 0 Å². The van der Waals surface area contributed by atoms with Crippen LogP contribution in [0.2, 0.25) is 5.02 Å². The summed E-state index contributed by atoms with van der Waals surface area (Å²) in [5.74, 6) is 0.0723. The molecule has 1 saturated heterocycles. The second-order valence-corrected chi connectivity index (χ2v) is 7.44. The number of hydrogen-bond acceptors (Lipinski definition) is 4. The van der Waals surface area contributed by atoms with E-state index in [0.29, 0.717) is 11.6 Å². The molecular formula is C19H26ClN5O. The van der Waals surface area contributed by atoms with Crippen molar-refractivity contribution in [3.05, 3.63) is 47.0 Å². The fraction of sp³-hybridized carbons (Fsp3) is 0.526. The van der Waals surface area contributed by atoms with Crippen LogP contribution in [0.25, 0.3) is 0 Å². The van der Waals surface area contributed by atoms with Gasteiger partial charge in [0.25, 0.3) is 0 Å². The van der Waals surface area contributed by atoms with Crippen molar-refractivity contribution in [2.24, 2.45) is 5.92 Å². The van der Waals surface area contributed by atoms with Crippen LogP contribution >= 0.6 is 11.6 Å². The molecule has 0 saturated carbocycles. The number of aromatic nitrogens is 3. The average Bonchev–Trinajstić information content (AvgIpc) is 2.87. The molecular weight excluding hydrogens is 350 g/mol. The molecule has 3 rings (SSSR count). The number of pyridine rings is 1. The Morgan fingerprint density at radius 1 is 1.27 bits per heavy atom. The maximum atomic E-state index is 12.8. The lowest BCUT2D eigenvalue weighted by Gasteiger charge is -2.24. The van der Waals surface area contributed by atoms with Gasteiger partial charge in [0.05, 0.1) is 29.4 Å². The van der Waals surface area contributed by atoms with Crippen molar-refractivity contribution in [3.63, 3.8) is 0 Å². The summed E-state index contributed by atoms with van der Waals surface area (Å²) in [6.07, 6.45) is 4.34. The monoisotopic (exact) mass is 375 g/mol. The number of rotatable bonds is 5. The minimum atomic E-state index is -0.115. The third-order valence-electron chi connectivity index (χ3n) is 4.72. The van der Waals surface area contributed by atoms with Crippen LogP contribution in [0, 0.1) is 12.8 Å². The van der Waals surface area contributed by atoms with Crippen LogP contribution in [0.5, 0.6) is 0 Å². The van der Waals surface area contributed by atoms with E-state index in [1.165, 1.54) is 0 Å². The molecule has 1 aliphatic rings. The van der Waals surface area contributed by atoms with Crippen LogP contribution in [0.15, 0.2) is 30.6 Å². The van der Waals surface area contributed by atoms with E-state index in [9.17, 15) is 4.79 Å². The van der Waals surface area contributed by atoms with Crippen molar-refractivity contribution in [2.45, 2.75) is 33.4 Å². The van der Waals surface area contributed by atoms with Crippen LogP contribution in [-0.2, 0) is 17.9 Å². The second kappa shape index (κ2) is 8.64. The third kappa shape index (κ3) is 5.05. The lowest BCUT2D eigenvalue weighted by Crippen LogP contribution is -2.39. The van der Waals surface area contributed by atoms with Crippen LogP contribution in [0.4, 0.5) is 0 Å². The number of carbonyl (C=O) groups excluding carboxylic acids is 1. The first kappa shape index (κ1) is 18.9. The highest BCUT2D eigenvalue weighted by Gasteiger charge is 2.24. The molecule has 140 valence electrons. The minimum Gasteiger partial charge on any atom is -0.341 e. The molecule has 1 aliphatic heterocycles. The van der Waals surface area contributed by atoms with Crippen LogP contribution in [0.1, 0.15) is 24.7 Å². The fourth-order valence-corrected chi connectivity index (χ4v) is 3.53. The van der Waals surface area contributed by atoms with E-state index in [-0.39, 0.29) is 11.8 Å². The van der Waals surface area contributed by atoms with Crippen molar-refractivity contribution >= 4 is 17.5 Å². The van der Waals surface area contributed by atoms with Gasteiger partial charge in [0.15, 0.2) is 0 Å². The number of amides is 1. The summed E-state index contributed by atoms with van der Waals surface area (Å²) in [4.78, 5) is 21.7. The summed E-state index contributed by atoms with van der Waals surface area (Å²) in [5.41, 5.74) is 2.13. The molecule has 1 amide bonds. The molecule has 7 heteroatoms. The number of nitrogens with zero attached hydrogens (tertiary/aromatic N) is 5. The minimum absolute atomic E-state index is 0.115. The lowest BCUT2D eigenvalue weighted by molar-refractivity contribution is -0.135. The van der Waals surface area contributed by atoms with Gasteiger partial charge < -0.3 is 4.90 Å². The maximum Gasteiger partial charge on any atom is 0.227 e. The number of hydrogen-bond donors (Lipinski definition) is 0. The summed E-state index contributed by atoms with van der Waals surface area (Å²) in [6, 6.07) is 6.13. The van der Waals surface area contributed by atoms with Crippen molar-refractivity contribution in [1.82, 2.24) is 24.6 Å². The quantitative estimate of drug-likeness (QED) is 0.806. The van der Waals surface area contributed by atoms with E-state index < -0.39 is 0 Å². The molecule has 0 bridgehead atoms. The molecule has 0 radical (unpaired) electrons. The van der Waals surface area contributed by atoms with Gasteiger partial charge >= 0.3 is 0 Å². The standard InChI is InChI=1S/C19H26ClN5O/c1-15(12-25-13-17(20)11-21-25)19(26)24-8-4-7-23(9-10-24)14-18-6-3-5-16(2)22-18/h3,5-6,11,13,15H,4,7-10,12,14H2,1-2H3. The van der Waals surface area contributed by atoms with Crippen molar-refractivity contribution < 1.29 is 4.79 Å². The summed E-state index contributed by atoms with van der Waals surface area (Å²) in [5, 5.41) is 4.76. The van der Waals surface area contributed by atoms with Gasteiger partial charge in [-0.05, 0) is 25.5 Å². The zero-order valence-corrected chi connectivity index (χ0v) is 16.2. The first-order chi connectivity index (χ1) is 12.5. The predicted molar refractivity (Wildman–Crippen MR) is 102 cm³/mol. The van der Waals surface area contributed by atoms with Gasteiger partial charge in [-0.3, -0.25) is 19.4 Å². The first-order valence-corrected chi connectivity index (χ1v) is 9.50. The molecule has 2 aromatic rings. The third-order valence-corrected chi connectivity index (χ3v) is 4.91. The van der Waals surface area contributed by atoms with Crippen LogP contribution in [-0.4, -0.2) is 56.7 Å². The van der Waals surface area contributed by atoms with Gasteiger partial charge in [0, 0.05) is 44.6 Å². The maximum absolute atomic E-state index is 12.8. The highest BCUT2D eigenvalue weighted by Crippen LogP contribution is 2.13. The molecule has 0 spiro atoms. The Morgan fingerprint density at radius 2 is 2.12 bits per heavy atom. The van der Waals surface area contributed by atoms with E-state index in [2.05, 4.69) is 27.1 Å². The molecule has 0 aromatic carbocycles. The predicted octanol–water partition coefficient (Wildman–Crippen LogP) is 2.61. The van der Waals surface area contributed by atoms with E-state index in [1.807, 2.05) is 24.8 Å². The van der Waals surface area contributed by atoms with Crippen LogP contribution in [0.3, 0.4) is 0 Å². The normalized spacial score (nSPS) is 17.1. The Bertz CT molecular complexity index is 747. The molecule has 2 aromatic heterocycles. The van der Waals surface area contributed by atoms with Gasteiger partial charge in [0.2, 0.25) is 5.91 Å². The lowest BCUT2D eigenvalue weighted by atomic mass is 10.1. The summed E-state index contributed by atoms with van der Waals surface area (Å²) in [7, 11) is 0. The second-order valence-electron chi connectivity index (χ2n) is 7.01. The molecule has 1 atom stereocenters. The summed E-state index contributed by atoms with van der Waals surface area (Å²) >= 11 is 5.90. The van der Waals surface area contributed by atoms with E-state index in [1.54, 1.807) is 17.1 Å². The SMILES string of the molecule is Cc1cccc(CN2CCCN(C(=O)C(C)Cn3cc(Cl)cn3)CC2)n1.